The van der Waals surface area contributed by atoms with Crippen molar-refractivity contribution in [3.63, 3.8) is 0 Å². The van der Waals surface area contributed by atoms with Crippen LogP contribution in [0, 0.1) is 0 Å². The van der Waals surface area contributed by atoms with Crippen LogP contribution in [0.4, 0.5) is 0 Å². The van der Waals surface area contributed by atoms with Gasteiger partial charge >= 0.3 is 5.97 Å². The molecule has 0 bridgehead atoms. The van der Waals surface area contributed by atoms with E-state index >= 15 is 0 Å². The molecule has 29 heavy (non-hydrogen) atoms. The Morgan fingerprint density at radius 1 is 1.17 bits per heavy atom. The molecular formula is C18H22N2O6S3. The number of ether oxygens (including phenoxy) is 1. The van der Waals surface area contributed by atoms with Crippen molar-refractivity contribution in [2.75, 3.05) is 19.7 Å². The van der Waals surface area contributed by atoms with Crippen LogP contribution in [0.1, 0.15) is 30.1 Å². The number of hydrogen-bond acceptors (Lipinski definition) is 7. The van der Waals surface area contributed by atoms with Crippen molar-refractivity contribution in [1.29, 1.82) is 0 Å². The van der Waals surface area contributed by atoms with Gasteiger partial charge in [-0.05, 0) is 49.4 Å². The molecule has 3 rings (SSSR count). The van der Waals surface area contributed by atoms with Crippen molar-refractivity contribution in [2.24, 2.45) is 0 Å². The van der Waals surface area contributed by atoms with E-state index in [1.54, 1.807) is 18.4 Å². The van der Waals surface area contributed by atoms with Crippen LogP contribution in [0.2, 0.25) is 0 Å². The van der Waals surface area contributed by atoms with Crippen LogP contribution in [-0.4, -0.2) is 52.8 Å². The van der Waals surface area contributed by atoms with Gasteiger partial charge < -0.3 is 4.74 Å². The normalized spacial score (nSPS) is 16.6. The van der Waals surface area contributed by atoms with Gasteiger partial charge in [-0.15, -0.1) is 11.3 Å². The summed E-state index contributed by atoms with van der Waals surface area (Å²) >= 11 is 1.13. The molecule has 1 aliphatic rings. The van der Waals surface area contributed by atoms with E-state index in [0.717, 1.165) is 11.3 Å². The number of benzene rings is 1. The van der Waals surface area contributed by atoms with Crippen molar-refractivity contribution >= 4 is 37.4 Å². The van der Waals surface area contributed by atoms with Gasteiger partial charge in [-0.1, -0.05) is 12.1 Å². The summed E-state index contributed by atoms with van der Waals surface area (Å²) in [4.78, 5) is 11.9. The number of nitrogens with one attached hydrogen (secondary N) is 1. The molecule has 1 aromatic carbocycles. The predicted molar refractivity (Wildman–Crippen MR) is 109 cm³/mol. The molecule has 8 nitrogen and oxygen atoms in total. The van der Waals surface area contributed by atoms with Crippen LogP contribution in [0.15, 0.2) is 50.9 Å². The van der Waals surface area contributed by atoms with Crippen molar-refractivity contribution in [2.45, 2.75) is 34.9 Å². The molecule has 2 heterocycles. The topological polar surface area (TPSA) is 110 Å². The van der Waals surface area contributed by atoms with Gasteiger partial charge in [-0.3, -0.25) is 0 Å². The number of hydrogen-bond donors (Lipinski definition) is 1. The van der Waals surface area contributed by atoms with E-state index < -0.39 is 26.0 Å². The van der Waals surface area contributed by atoms with E-state index in [9.17, 15) is 21.6 Å². The maximum Gasteiger partial charge on any atom is 0.338 e. The summed E-state index contributed by atoms with van der Waals surface area (Å²) in [6.07, 6.45) is 0.725. The molecule has 1 N–H and O–H groups in total. The Kier molecular flexibility index (Phi) is 6.74. The maximum atomic E-state index is 12.9. The lowest BCUT2D eigenvalue weighted by Crippen LogP contribution is -2.46. The fraction of sp³-hybridized carbons (Fsp3) is 0.389. The first kappa shape index (κ1) is 21.9. The Labute approximate surface area is 174 Å². The standard InChI is InChI=1S/C18H22N2O6S3/c1-2-26-18(21)14-5-3-6-16(13-14)29(24,25)20-10-8-15(9-11-20)19-28(22,23)17-7-4-12-27-17/h3-7,12-13,15,19H,2,8-11H2,1H3. The molecule has 1 aromatic heterocycles. The first-order chi connectivity index (χ1) is 13.7. The van der Waals surface area contributed by atoms with Crippen LogP contribution in [0.5, 0.6) is 0 Å². The van der Waals surface area contributed by atoms with Gasteiger partial charge in [0.25, 0.3) is 0 Å². The van der Waals surface area contributed by atoms with E-state index in [1.165, 1.54) is 34.6 Å². The first-order valence-electron chi connectivity index (χ1n) is 9.07. The largest absolute Gasteiger partial charge is 0.462 e. The van der Waals surface area contributed by atoms with Crippen molar-refractivity contribution < 1.29 is 26.4 Å². The molecule has 0 amide bonds. The fourth-order valence-corrected chi connectivity index (χ4v) is 6.89. The average molecular weight is 459 g/mol. The highest BCUT2D eigenvalue weighted by atomic mass is 32.2. The molecule has 0 spiro atoms. The number of piperidine rings is 1. The summed E-state index contributed by atoms with van der Waals surface area (Å²) < 4.78 is 59.7. The molecule has 2 aromatic rings. The zero-order valence-corrected chi connectivity index (χ0v) is 18.2. The number of carbonyl (C=O) groups is 1. The number of thiophene rings is 1. The van der Waals surface area contributed by atoms with Crippen LogP contribution in [0.25, 0.3) is 0 Å². The smallest absolute Gasteiger partial charge is 0.338 e. The minimum atomic E-state index is -3.79. The molecule has 1 aliphatic heterocycles. The van der Waals surface area contributed by atoms with E-state index in [4.69, 9.17) is 4.74 Å². The second-order valence-electron chi connectivity index (χ2n) is 6.48. The quantitative estimate of drug-likeness (QED) is 0.636. The molecule has 0 atom stereocenters. The summed E-state index contributed by atoms with van der Waals surface area (Å²) in [5, 5.41) is 1.69. The molecule has 0 unspecified atom stereocenters. The lowest BCUT2D eigenvalue weighted by molar-refractivity contribution is 0.0526. The lowest BCUT2D eigenvalue weighted by Gasteiger charge is -2.31. The molecule has 1 fully saturated rings. The number of sulfonamides is 2. The van der Waals surface area contributed by atoms with Crippen LogP contribution >= 0.6 is 11.3 Å². The number of carbonyl (C=O) groups excluding carboxylic acids is 1. The van der Waals surface area contributed by atoms with Gasteiger partial charge in [0, 0.05) is 19.1 Å². The molecule has 1 saturated heterocycles. The average Bonchev–Trinajstić information content (AvgIpc) is 3.24. The van der Waals surface area contributed by atoms with Crippen LogP contribution in [0.3, 0.4) is 0 Å². The summed E-state index contributed by atoms with van der Waals surface area (Å²) in [6, 6.07) is 8.60. The highest BCUT2D eigenvalue weighted by Crippen LogP contribution is 2.23. The summed E-state index contributed by atoms with van der Waals surface area (Å²) in [7, 11) is -7.39. The van der Waals surface area contributed by atoms with E-state index in [2.05, 4.69) is 4.72 Å². The van der Waals surface area contributed by atoms with Crippen molar-refractivity contribution in [1.82, 2.24) is 9.03 Å². The Balaban J connectivity index is 1.67. The second-order valence-corrected chi connectivity index (χ2v) is 11.3. The molecular weight excluding hydrogens is 436 g/mol. The molecule has 0 saturated carbocycles. The van der Waals surface area contributed by atoms with E-state index in [-0.39, 0.29) is 40.4 Å². The predicted octanol–water partition coefficient (Wildman–Crippen LogP) is 2.06. The van der Waals surface area contributed by atoms with Gasteiger partial charge in [-0.25, -0.2) is 26.4 Å². The van der Waals surface area contributed by atoms with Gasteiger partial charge in [0.2, 0.25) is 20.0 Å². The Hall–Kier alpha value is -1.79. The van der Waals surface area contributed by atoms with E-state index in [1.807, 2.05) is 0 Å². The highest BCUT2D eigenvalue weighted by molar-refractivity contribution is 7.91. The Bertz CT molecular complexity index is 1060. The van der Waals surface area contributed by atoms with Gasteiger partial charge in [-0.2, -0.15) is 4.31 Å². The monoisotopic (exact) mass is 458 g/mol. The molecule has 0 aliphatic carbocycles. The fourth-order valence-electron chi connectivity index (χ4n) is 3.05. The summed E-state index contributed by atoms with van der Waals surface area (Å²) in [5.74, 6) is -0.578. The first-order valence-corrected chi connectivity index (χ1v) is 12.9. The third kappa shape index (κ3) is 5.04. The molecule has 0 radical (unpaired) electrons. The summed E-state index contributed by atoms with van der Waals surface area (Å²) in [6.45, 7) is 2.24. The van der Waals surface area contributed by atoms with Crippen molar-refractivity contribution in [3.8, 4) is 0 Å². The van der Waals surface area contributed by atoms with Crippen molar-refractivity contribution in [3.05, 3.63) is 47.3 Å². The zero-order chi connectivity index (χ0) is 21.1. The highest BCUT2D eigenvalue weighted by Gasteiger charge is 2.32. The summed E-state index contributed by atoms with van der Waals surface area (Å²) in [5.41, 5.74) is 0.173. The Morgan fingerprint density at radius 2 is 1.90 bits per heavy atom. The third-order valence-electron chi connectivity index (χ3n) is 4.52. The minimum Gasteiger partial charge on any atom is -0.462 e. The minimum absolute atomic E-state index is 0.0145. The number of esters is 1. The Morgan fingerprint density at radius 3 is 2.52 bits per heavy atom. The van der Waals surface area contributed by atoms with Crippen LogP contribution in [-0.2, 0) is 24.8 Å². The zero-order valence-electron chi connectivity index (χ0n) is 15.8. The maximum absolute atomic E-state index is 12.9. The van der Waals surface area contributed by atoms with E-state index in [0.29, 0.717) is 12.8 Å². The molecule has 11 heteroatoms. The van der Waals surface area contributed by atoms with Gasteiger partial charge in [0.1, 0.15) is 4.21 Å². The van der Waals surface area contributed by atoms with Gasteiger partial charge in [0.15, 0.2) is 0 Å². The van der Waals surface area contributed by atoms with Crippen LogP contribution < -0.4 is 4.72 Å². The third-order valence-corrected chi connectivity index (χ3v) is 9.33. The molecule has 158 valence electrons. The SMILES string of the molecule is CCOC(=O)c1cccc(S(=O)(=O)N2CCC(NS(=O)(=O)c3cccs3)CC2)c1. The lowest BCUT2D eigenvalue weighted by atomic mass is 10.1. The number of nitrogens with zero attached hydrogens (tertiary/aromatic N) is 1. The second kappa shape index (κ2) is 8.92. The number of rotatable bonds is 7. The van der Waals surface area contributed by atoms with Gasteiger partial charge in [0.05, 0.1) is 17.1 Å².